The molecule has 0 heterocycles. The van der Waals surface area contributed by atoms with Crippen molar-refractivity contribution < 1.29 is 17.5 Å². The number of hydrogen-bond acceptors (Lipinski definition) is 3. The number of rotatable bonds is 3. The number of primary sulfonamides is 1. The first kappa shape index (κ1) is 10.9. The Kier molecular flexibility index (Phi) is 3.07. The van der Waals surface area contributed by atoms with Crippen LogP contribution in [0.1, 0.15) is 5.56 Å². The summed E-state index contributed by atoms with van der Waals surface area (Å²) in [6.45, 7) is 0. The highest BCUT2D eigenvalue weighted by atomic mass is 32.2. The minimum atomic E-state index is -3.72. The van der Waals surface area contributed by atoms with Crippen LogP contribution in [0.3, 0.4) is 0 Å². The summed E-state index contributed by atoms with van der Waals surface area (Å²) in [6, 6.07) is 4.26. The molecule has 0 fully saturated rings. The lowest BCUT2D eigenvalue weighted by molar-refractivity contribution is 0.385. The van der Waals surface area contributed by atoms with E-state index in [0.29, 0.717) is 0 Å². The highest BCUT2D eigenvalue weighted by Crippen LogP contribution is 2.20. The molecule has 0 saturated heterocycles. The Morgan fingerprint density at radius 1 is 1.50 bits per heavy atom. The van der Waals surface area contributed by atoms with Crippen molar-refractivity contribution in [2.24, 2.45) is 5.14 Å². The molecule has 14 heavy (non-hydrogen) atoms. The molecule has 0 spiro atoms. The molecule has 1 rings (SSSR count). The minimum Gasteiger partial charge on any atom is -0.494 e. The first-order chi connectivity index (χ1) is 6.44. The lowest BCUT2D eigenvalue weighted by Crippen LogP contribution is -2.15. The predicted octanol–water partition coefficient (Wildman–Crippen LogP) is 0.623. The van der Waals surface area contributed by atoms with Crippen molar-refractivity contribution >= 4 is 10.0 Å². The van der Waals surface area contributed by atoms with E-state index >= 15 is 0 Å². The van der Waals surface area contributed by atoms with Gasteiger partial charge in [0, 0.05) is 5.56 Å². The van der Waals surface area contributed by atoms with Crippen LogP contribution in [0, 0.1) is 5.82 Å². The van der Waals surface area contributed by atoms with Gasteiger partial charge in [-0.3, -0.25) is 0 Å². The van der Waals surface area contributed by atoms with Crippen molar-refractivity contribution in [3.63, 3.8) is 0 Å². The van der Waals surface area contributed by atoms with Gasteiger partial charge in [-0.2, -0.15) is 0 Å². The zero-order valence-electron chi connectivity index (χ0n) is 7.53. The molecule has 4 nitrogen and oxygen atoms in total. The Labute approximate surface area is 81.5 Å². The van der Waals surface area contributed by atoms with Crippen molar-refractivity contribution in [1.82, 2.24) is 0 Å². The summed E-state index contributed by atoms with van der Waals surface area (Å²) in [5.74, 6) is -1.22. The number of methoxy groups -OCH3 is 1. The van der Waals surface area contributed by atoms with Gasteiger partial charge in [0.2, 0.25) is 10.0 Å². The summed E-state index contributed by atoms with van der Waals surface area (Å²) in [5.41, 5.74) is 0.00634. The van der Waals surface area contributed by atoms with Crippen LogP contribution in [0.2, 0.25) is 0 Å². The van der Waals surface area contributed by atoms with Gasteiger partial charge in [0.15, 0.2) is 11.6 Å². The van der Waals surface area contributed by atoms with Gasteiger partial charge in [-0.25, -0.2) is 17.9 Å². The van der Waals surface area contributed by atoms with Crippen molar-refractivity contribution in [3.05, 3.63) is 29.6 Å². The van der Waals surface area contributed by atoms with Gasteiger partial charge < -0.3 is 4.74 Å². The Balaban J connectivity index is 3.10. The standard InChI is InChI=1S/C8H10FNO3S/c1-13-7-4-2-3-6(8(7)9)5-14(10,11)12/h2-4H,5H2,1H3,(H2,10,11,12). The van der Waals surface area contributed by atoms with E-state index in [2.05, 4.69) is 4.74 Å². The molecule has 0 atom stereocenters. The predicted molar refractivity (Wildman–Crippen MR) is 49.8 cm³/mol. The molecule has 0 unspecified atom stereocenters. The third-order valence-electron chi connectivity index (χ3n) is 1.62. The summed E-state index contributed by atoms with van der Waals surface area (Å²) in [6.07, 6.45) is 0. The number of ether oxygens (including phenoxy) is 1. The molecular weight excluding hydrogens is 209 g/mol. The summed E-state index contributed by atoms with van der Waals surface area (Å²) < 4.78 is 39.5. The molecule has 0 saturated carbocycles. The molecule has 0 aliphatic carbocycles. The van der Waals surface area contributed by atoms with Crippen LogP contribution in [-0.4, -0.2) is 15.5 Å². The van der Waals surface area contributed by atoms with Crippen molar-refractivity contribution in [2.45, 2.75) is 5.75 Å². The second-order valence-electron chi connectivity index (χ2n) is 2.74. The maximum absolute atomic E-state index is 13.4. The maximum atomic E-state index is 13.4. The van der Waals surface area contributed by atoms with E-state index in [4.69, 9.17) is 5.14 Å². The fraction of sp³-hybridized carbons (Fsp3) is 0.250. The van der Waals surface area contributed by atoms with Gasteiger partial charge >= 0.3 is 0 Å². The average Bonchev–Trinajstić information content (AvgIpc) is 2.06. The fourth-order valence-corrected chi connectivity index (χ4v) is 1.70. The minimum absolute atomic E-state index is 0.00569. The molecule has 2 N–H and O–H groups in total. The van der Waals surface area contributed by atoms with E-state index in [1.54, 1.807) is 0 Å². The molecule has 0 amide bonds. The fourth-order valence-electron chi connectivity index (χ4n) is 1.04. The molecule has 1 aromatic carbocycles. The largest absolute Gasteiger partial charge is 0.494 e. The number of sulfonamides is 1. The lowest BCUT2D eigenvalue weighted by atomic mass is 10.2. The van der Waals surface area contributed by atoms with Crippen molar-refractivity contribution in [3.8, 4) is 5.75 Å². The number of nitrogens with two attached hydrogens (primary N) is 1. The van der Waals surface area contributed by atoms with E-state index in [1.807, 2.05) is 0 Å². The normalized spacial score (nSPS) is 11.4. The molecule has 0 radical (unpaired) electrons. The second-order valence-corrected chi connectivity index (χ2v) is 4.35. The maximum Gasteiger partial charge on any atom is 0.213 e. The Hall–Kier alpha value is -1.14. The smallest absolute Gasteiger partial charge is 0.213 e. The zero-order chi connectivity index (χ0) is 10.8. The third kappa shape index (κ3) is 2.68. The van der Waals surface area contributed by atoms with E-state index in [-0.39, 0.29) is 11.3 Å². The SMILES string of the molecule is COc1cccc(CS(N)(=O)=O)c1F. The molecule has 0 bridgehead atoms. The Bertz CT molecular complexity index is 430. The van der Waals surface area contributed by atoms with E-state index in [0.717, 1.165) is 0 Å². The van der Waals surface area contributed by atoms with Gasteiger partial charge in [-0.05, 0) is 6.07 Å². The third-order valence-corrected chi connectivity index (χ3v) is 2.33. The van der Waals surface area contributed by atoms with Crippen LogP contribution in [-0.2, 0) is 15.8 Å². The molecule has 6 heteroatoms. The molecule has 0 aliphatic heterocycles. The molecule has 1 aromatic rings. The lowest BCUT2D eigenvalue weighted by Gasteiger charge is -2.05. The van der Waals surface area contributed by atoms with E-state index in [9.17, 15) is 12.8 Å². The van der Waals surface area contributed by atoms with E-state index < -0.39 is 21.6 Å². The van der Waals surface area contributed by atoms with Crippen LogP contribution >= 0.6 is 0 Å². The first-order valence-electron chi connectivity index (χ1n) is 3.76. The molecular formula is C8H10FNO3S. The Morgan fingerprint density at radius 2 is 2.14 bits per heavy atom. The summed E-state index contributed by atoms with van der Waals surface area (Å²) >= 11 is 0. The van der Waals surface area contributed by atoms with Crippen LogP contribution in [0.15, 0.2) is 18.2 Å². The van der Waals surface area contributed by atoms with Crippen LogP contribution in [0.25, 0.3) is 0 Å². The molecule has 0 aliphatic rings. The van der Waals surface area contributed by atoms with Gasteiger partial charge in [-0.15, -0.1) is 0 Å². The first-order valence-corrected chi connectivity index (χ1v) is 5.47. The zero-order valence-corrected chi connectivity index (χ0v) is 8.34. The number of benzene rings is 1. The van der Waals surface area contributed by atoms with Crippen LogP contribution < -0.4 is 9.88 Å². The van der Waals surface area contributed by atoms with Gasteiger partial charge in [0.25, 0.3) is 0 Å². The summed E-state index contributed by atoms with van der Waals surface area (Å²) in [5, 5.41) is 4.79. The Morgan fingerprint density at radius 3 is 2.64 bits per heavy atom. The summed E-state index contributed by atoms with van der Waals surface area (Å²) in [4.78, 5) is 0. The highest BCUT2D eigenvalue weighted by Gasteiger charge is 2.13. The van der Waals surface area contributed by atoms with Crippen LogP contribution in [0.4, 0.5) is 4.39 Å². The van der Waals surface area contributed by atoms with Gasteiger partial charge in [0.05, 0.1) is 12.9 Å². The highest BCUT2D eigenvalue weighted by molar-refractivity contribution is 7.88. The van der Waals surface area contributed by atoms with Crippen LogP contribution in [0.5, 0.6) is 5.75 Å². The van der Waals surface area contributed by atoms with Gasteiger partial charge in [0.1, 0.15) is 0 Å². The topological polar surface area (TPSA) is 69.4 Å². The second kappa shape index (κ2) is 3.93. The molecule has 78 valence electrons. The average molecular weight is 219 g/mol. The van der Waals surface area contributed by atoms with Crippen molar-refractivity contribution in [1.29, 1.82) is 0 Å². The van der Waals surface area contributed by atoms with E-state index in [1.165, 1.54) is 25.3 Å². The van der Waals surface area contributed by atoms with Gasteiger partial charge in [-0.1, -0.05) is 12.1 Å². The monoisotopic (exact) mass is 219 g/mol. The number of halogens is 1. The summed E-state index contributed by atoms with van der Waals surface area (Å²) in [7, 11) is -2.42. The quantitative estimate of drug-likeness (QED) is 0.810. The number of hydrogen-bond donors (Lipinski definition) is 1. The molecule has 0 aromatic heterocycles. The van der Waals surface area contributed by atoms with Crippen molar-refractivity contribution in [2.75, 3.05) is 7.11 Å².